The highest BCUT2D eigenvalue weighted by molar-refractivity contribution is 6.36. The maximum Gasteiger partial charge on any atom is 0.156 e. The van der Waals surface area contributed by atoms with Gasteiger partial charge in [-0.1, -0.05) is 6.04 Å². The van der Waals surface area contributed by atoms with Gasteiger partial charge in [0.15, 0.2) is 6.29 Å². The van der Waals surface area contributed by atoms with E-state index in [1.807, 2.05) is 27.7 Å². The van der Waals surface area contributed by atoms with Crippen molar-refractivity contribution in [1.29, 1.82) is 0 Å². The first-order valence-electron chi connectivity index (χ1n) is 6.36. The molecule has 0 spiro atoms. The first-order valence-corrected chi connectivity index (χ1v) is 8.17. The van der Waals surface area contributed by atoms with Gasteiger partial charge in [0.05, 0.1) is 21.7 Å². The van der Waals surface area contributed by atoms with Crippen LogP contribution in [0.3, 0.4) is 0 Å². The fourth-order valence-corrected chi connectivity index (χ4v) is 3.50. The number of rotatable bonds is 10. The lowest BCUT2D eigenvalue weighted by Gasteiger charge is -2.23. The molecular weight excluding hydrogens is 236 g/mol. The quantitative estimate of drug-likeness (QED) is 0.445. The molecule has 0 aliphatic carbocycles. The van der Waals surface area contributed by atoms with Crippen molar-refractivity contribution in [2.75, 3.05) is 14.2 Å². The highest BCUT2D eigenvalue weighted by Crippen LogP contribution is 2.08. The molecule has 0 N–H and O–H groups in total. The monoisotopic (exact) mass is 264 g/mol. The molecule has 0 aromatic carbocycles. The average molecular weight is 264 g/mol. The zero-order valence-electron chi connectivity index (χ0n) is 12.1. The van der Waals surface area contributed by atoms with Gasteiger partial charge in [-0.3, -0.25) is 0 Å². The van der Waals surface area contributed by atoms with E-state index in [0.29, 0.717) is 0 Å². The SMILES string of the molecule is COC(CC[SiH2]C(OC(C)C)OC(C)C)OC. The minimum atomic E-state index is -0.426. The van der Waals surface area contributed by atoms with E-state index in [0.717, 1.165) is 12.5 Å². The van der Waals surface area contributed by atoms with Gasteiger partial charge < -0.3 is 18.9 Å². The minimum absolute atomic E-state index is 0.00404. The lowest BCUT2D eigenvalue weighted by Crippen LogP contribution is -2.30. The molecule has 0 aliphatic heterocycles. The summed E-state index contributed by atoms with van der Waals surface area (Å²) in [7, 11) is 2.91. The van der Waals surface area contributed by atoms with Crippen LogP contribution in [0.2, 0.25) is 6.04 Å². The Morgan fingerprint density at radius 3 is 1.71 bits per heavy atom. The summed E-state index contributed by atoms with van der Waals surface area (Å²) in [5, 5.41) is 0. The van der Waals surface area contributed by atoms with Crippen LogP contribution in [-0.2, 0) is 18.9 Å². The number of methoxy groups -OCH3 is 2. The van der Waals surface area contributed by atoms with E-state index in [4.69, 9.17) is 18.9 Å². The van der Waals surface area contributed by atoms with Gasteiger partial charge in [0.1, 0.15) is 5.91 Å². The van der Waals surface area contributed by atoms with Crippen LogP contribution in [0, 0.1) is 0 Å². The second-order valence-electron chi connectivity index (χ2n) is 4.63. The average Bonchev–Trinajstić information content (AvgIpc) is 2.22. The van der Waals surface area contributed by atoms with Crippen molar-refractivity contribution in [3.8, 4) is 0 Å². The van der Waals surface area contributed by atoms with Crippen molar-refractivity contribution >= 4 is 9.52 Å². The van der Waals surface area contributed by atoms with Crippen molar-refractivity contribution in [3.05, 3.63) is 0 Å². The van der Waals surface area contributed by atoms with E-state index >= 15 is 0 Å². The largest absolute Gasteiger partial charge is 0.356 e. The van der Waals surface area contributed by atoms with Gasteiger partial charge in [-0.25, -0.2) is 0 Å². The third kappa shape index (κ3) is 9.73. The van der Waals surface area contributed by atoms with E-state index in [2.05, 4.69) is 0 Å². The van der Waals surface area contributed by atoms with E-state index in [1.54, 1.807) is 14.2 Å². The molecule has 0 aliphatic rings. The molecule has 0 unspecified atom stereocenters. The fraction of sp³-hybridized carbons (Fsp3) is 1.00. The maximum atomic E-state index is 5.77. The number of hydrogen-bond donors (Lipinski definition) is 0. The molecule has 0 saturated heterocycles. The normalized spacial score (nSPS) is 13.1. The summed E-state index contributed by atoms with van der Waals surface area (Å²) in [6, 6.07) is 1.09. The zero-order valence-corrected chi connectivity index (χ0v) is 13.5. The first kappa shape index (κ1) is 17.1. The van der Waals surface area contributed by atoms with Crippen molar-refractivity contribution in [2.45, 2.75) is 64.6 Å². The van der Waals surface area contributed by atoms with Gasteiger partial charge in [0.25, 0.3) is 0 Å². The smallest absolute Gasteiger partial charge is 0.156 e. The summed E-state index contributed by atoms with van der Waals surface area (Å²) in [4.78, 5) is 0. The van der Waals surface area contributed by atoms with Gasteiger partial charge in [-0.15, -0.1) is 0 Å². The Labute approximate surface area is 108 Å². The topological polar surface area (TPSA) is 36.9 Å². The van der Waals surface area contributed by atoms with Crippen LogP contribution in [0.5, 0.6) is 0 Å². The summed E-state index contributed by atoms with van der Waals surface area (Å²) in [5.41, 5.74) is 0. The molecule has 0 aromatic rings. The second kappa shape index (κ2) is 10.0. The van der Waals surface area contributed by atoms with E-state index in [9.17, 15) is 0 Å². The summed E-state index contributed by atoms with van der Waals surface area (Å²) in [6.45, 7) is 8.16. The third-order valence-electron chi connectivity index (χ3n) is 2.25. The summed E-state index contributed by atoms with van der Waals surface area (Å²) < 4.78 is 21.9. The molecule has 0 heterocycles. The van der Waals surface area contributed by atoms with Crippen LogP contribution >= 0.6 is 0 Å². The standard InChI is InChI=1S/C12H28O4Si/c1-9(2)15-12(16-10(3)4)17-8-7-11(13-5)14-6/h9-12H,7-8,17H2,1-6H3. The highest BCUT2D eigenvalue weighted by atomic mass is 28.2. The molecule has 0 radical (unpaired) electrons. The van der Waals surface area contributed by atoms with Crippen molar-refractivity contribution in [2.24, 2.45) is 0 Å². The minimum Gasteiger partial charge on any atom is -0.356 e. The molecule has 17 heavy (non-hydrogen) atoms. The van der Waals surface area contributed by atoms with Crippen LogP contribution in [0.25, 0.3) is 0 Å². The zero-order chi connectivity index (χ0) is 13.3. The molecule has 0 atom stereocenters. The molecule has 0 saturated carbocycles. The second-order valence-corrected chi connectivity index (χ2v) is 6.58. The predicted molar refractivity (Wildman–Crippen MR) is 72.0 cm³/mol. The van der Waals surface area contributed by atoms with Gasteiger partial charge in [-0.05, 0) is 34.1 Å². The Morgan fingerprint density at radius 1 is 0.882 bits per heavy atom. The Hall–Kier alpha value is 0.0569. The molecule has 104 valence electrons. The van der Waals surface area contributed by atoms with Gasteiger partial charge in [-0.2, -0.15) is 0 Å². The molecule has 5 heteroatoms. The summed E-state index contributed by atoms with van der Waals surface area (Å²) in [6.07, 6.45) is 1.25. The fourth-order valence-electron chi connectivity index (χ4n) is 1.56. The Bertz CT molecular complexity index is 162. The third-order valence-corrected chi connectivity index (χ3v) is 3.93. The molecular formula is C12H28O4Si. The summed E-state index contributed by atoms with van der Waals surface area (Å²) >= 11 is 0. The predicted octanol–water partition coefficient (Wildman–Crippen LogP) is 1.72. The number of hydrogen-bond acceptors (Lipinski definition) is 4. The van der Waals surface area contributed by atoms with Crippen LogP contribution in [-0.4, -0.2) is 48.2 Å². The van der Waals surface area contributed by atoms with E-state index in [-0.39, 0.29) is 24.4 Å². The van der Waals surface area contributed by atoms with Crippen molar-refractivity contribution < 1.29 is 18.9 Å². The van der Waals surface area contributed by atoms with E-state index < -0.39 is 9.52 Å². The van der Waals surface area contributed by atoms with Gasteiger partial charge in [0, 0.05) is 14.2 Å². The molecule has 0 fully saturated rings. The molecule has 0 bridgehead atoms. The van der Waals surface area contributed by atoms with Gasteiger partial charge in [0.2, 0.25) is 0 Å². The number of ether oxygens (including phenoxy) is 4. The van der Waals surface area contributed by atoms with Crippen LogP contribution in [0.4, 0.5) is 0 Å². The van der Waals surface area contributed by atoms with Crippen molar-refractivity contribution in [3.63, 3.8) is 0 Å². The molecule has 0 aromatic heterocycles. The first-order chi connectivity index (χ1) is 7.99. The van der Waals surface area contributed by atoms with Crippen molar-refractivity contribution in [1.82, 2.24) is 0 Å². The Balaban J connectivity index is 3.89. The maximum absolute atomic E-state index is 5.77. The molecule has 0 amide bonds. The Morgan fingerprint density at radius 2 is 1.35 bits per heavy atom. The van der Waals surface area contributed by atoms with Crippen LogP contribution in [0.1, 0.15) is 34.1 Å². The molecule has 0 rings (SSSR count). The van der Waals surface area contributed by atoms with Crippen LogP contribution < -0.4 is 0 Å². The van der Waals surface area contributed by atoms with Gasteiger partial charge >= 0.3 is 0 Å². The van der Waals surface area contributed by atoms with Crippen LogP contribution in [0.15, 0.2) is 0 Å². The summed E-state index contributed by atoms with van der Waals surface area (Å²) in [5.74, 6) is 0.00404. The highest BCUT2D eigenvalue weighted by Gasteiger charge is 2.15. The van der Waals surface area contributed by atoms with E-state index in [1.165, 1.54) is 0 Å². The molecule has 4 nitrogen and oxygen atoms in total. The lowest BCUT2D eigenvalue weighted by atomic mass is 10.5. The lowest BCUT2D eigenvalue weighted by molar-refractivity contribution is -0.135. The Kier molecular flexibility index (Phi) is 10.1.